The van der Waals surface area contributed by atoms with E-state index in [1.54, 1.807) is 0 Å². The summed E-state index contributed by atoms with van der Waals surface area (Å²) in [4.78, 5) is 0. The summed E-state index contributed by atoms with van der Waals surface area (Å²) < 4.78 is 0. The Morgan fingerprint density at radius 2 is 0.429 bits per heavy atom. The van der Waals surface area contributed by atoms with Crippen LogP contribution in [0.3, 0.4) is 0 Å². The molecule has 0 aromatic carbocycles. The lowest BCUT2D eigenvalue weighted by molar-refractivity contribution is 0.524. The zero-order valence-electron chi connectivity index (χ0n) is 18.8. The molecule has 0 saturated heterocycles. The van der Waals surface area contributed by atoms with Gasteiger partial charge in [-0.25, -0.2) is 0 Å². The lowest BCUT2D eigenvalue weighted by Crippen LogP contribution is -1.84. The summed E-state index contributed by atoms with van der Waals surface area (Å²) in [7, 11) is 0. The molecule has 0 heteroatoms. The number of rotatable bonds is 0. The Morgan fingerprint density at radius 3 is 0.714 bits per heavy atom. The van der Waals surface area contributed by atoms with Gasteiger partial charge in [0, 0.05) is 0 Å². The number of hydrogen-bond acceptors (Lipinski definition) is 0. The van der Waals surface area contributed by atoms with E-state index in [1.165, 1.54) is 128 Å². The third-order valence-electron chi connectivity index (χ3n) is 5.82. The van der Waals surface area contributed by atoms with Crippen LogP contribution in [0, 0.1) is 0 Å². The zero-order chi connectivity index (χ0) is 19.8. The van der Waals surface area contributed by atoms with Gasteiger partial charge in [0.25, 0.3) is 0 Å². The quantitative estimate of drug-likeness (QED) is 0.389. The highest BCUT2D eigenvalue weighted by molar-refractivity contribution is 5.15. The Balaban J connectivity index is 2.17. The smallest absolute Gasteiger partial charge is 0.0348 e. The van der Waals surface area contributed by atoms with E-state index in [0.29, 0.717) is 0 Å². The maximum absolute atomic E-state index is 2.31. The Kier molecular flexibility index (Phi) is 19.9. The van der Waals surface area contributed by atoms with Crippen molar-refractivity contribution in [1.29, 1.82) is 0 Å². The summed E-state index contributed by atoms with van der Waals surface area (Å²) in [6, 6.07) is 0. The maximum atomic E-state index is 2.31. The van der Waals surface area contributed by atoms with Gasteiger partial charge in [-0.1, -0.05) is 151 Å². The second-order valence-electron chi connectivity index (χ2n) is 8.57. The average molecular weight is 385 g/mol. The molecular weight excluding hydrogens is 336 g/mol. The van der Waals surface area contributed by atoms with Gasteiger partial charge in [-0.3, -0.25) is 0 Å². The molecule has 0 amide bonds. The lowest BCUT2D eigenvalue weighted by Gasteiger charge is -2.04. The van der Waals surface area contributed by atoms with Gasteiger partial charge in [0.1, 0.15) is 0 Å². The molecule has 0 nitrogen and oxygen atoms in total. The van der Waals surface area contributed by atoms with Gasteiger partial charge in [-0.15, -0.1) is 0 Å². The number of allylic oxidation sites excluding steroid dienone is 8. The highest BCUT2D eigenvalue weighted by atomic mass is 14.0. The molecule has 1 aliphatic carbocycles. The Morgan fingerprint density at radius 1 is 0.214 bits per heavy atom. The van der Waals surface area contributed by atoms with Crippen LogP contribution >= 0.6 is 0 Å². The van der Waals surface area contributed by atoms with Crippen LogP contribution in [0.5, 0.6) is 0 Å². The molecule has 0 saturated carbocycles. The summed E-state index contributed by atoms with van der Waals surface area (Å²) in [6.07, 6.45) is 46.0. The Hall–Kier alpha value is -1.04. The summed E-state index contributed by atoms with van der Waals surface area (Å²) in [5.74, 6) is 0. The van der Waals surface area contributed by atoms with Crippen molar-refractivity contribution in [2.45, 2.75) is 128 Å². The van der Waals surface area contributed by atoms with E-state index in [0.717, 1.165) is 0 Å². The van der Waals surface area contributed by atoms with E-state index < -0.39 is 0 Å². The van der Waals surface area contributed by atoms with Crippen molar-refractivity contribution in [3.05, 3.63) is 48.6 Å². The molecule has 1 aliphatic rings. The molecule has 1 rings (SSSR count). The fraction of sp³-hybridized carbons (Fsp3) is 0.714. The van der Waals surface area contributed by atoms with E-state index >= 15 is 0 Å². The highest BCUT2D eigenvalue weighted by Crippen LogP contribution is 2.15. The van der Waals surface area contributed by atoms with Crippen LogP contribution in [-0.2, 0) is 0 Å². The van der Waals surface area contributed by atoms with E-state index in [-0.39, 0.29) is 0 Å². The van der Waals surface area contributed by atoms with Crippen molar-refractivity contribution >= 4 is 0 Å². The minimum Gasteiger partial charge on any atom is -0.0845 e. The SMILES string of the molecule is C1=CC=CCCCCCCCCCCCCCCCCCCCCC=CC=C1. The summed E-state index contributed by atoms with van der Waals surface area (Å²) in [5, 5.41) is 0. The van der Waals surface area contributed by atoms with Gasteiger partial charge in [-0.05, 0) is 25.7 Å². The molecule has 0 atom stereocenters. The molecule has 0 aromatic heterocycles. The average Bonchev–Trinajstić information content (AvgIpc) is 2.71. The van der Waals surface area contributed by atoms with Gasteiger partial charge in [0.15, 0.2) is 0 Å². The van der Waals surface area contributed by atoms with Crippen molar-refractivity contribution in [1.82, 2.24) is 0 Å². The van der Waals surface area contributed by atoms with Crippen LogP contribution in [0.4, 0.5) is 0 Å². The summed E-state index contributed by atoms with van der Waals surface area (Å²) in [6.45, 7) is 0. The molecule has 28 heavy (non-hydrogen) atoms. The van der Waals surface area contributed by atoms with Crippen molar-refractivity contribution in [2.24, 2.45) is 0 Å². The van der Waals surface area contributed by atoms with E-state index in [1.807, 2.05) is 0 Å². The molecule has 0 aromatic rings. The van der Waals surface area contributed by atoms with Crippen molar-refractivity contribution in [3.63, 3.8) is 0 Å². The monoisotopic (exact) mass is 384 g/mol. The number of hydrogen-bond donors (Lipinski definition) is 0. The first-order chi connectivity index (χ1) is 14.0. The molecule has 0 unspecified atom stereocenters. The molecular formula is C28H48. The second-order valence-corrected chi connectivity index (χ2v) is 8.57. The van der Waals surface area contributed by atoms with Crippen molar-refractivity contribution in [2.75, 3.05) is 0 Å². The first kappa shape index (κ1) is 25.0. The fourth-order valence-corrected chi connectivity index (χ4v) is 3.96. The normalized spacial score (nSPS) is 21.7. The molecule has 0 aliphatic heterocycles. The van der Waals surface area contributed by atoms with Gasteiger partial charge in [-0.2, -0.15) is 0 Å². The highest BCUT2D eigenvalue weighted by Gasteiger charge is 1.95. The second kappa shape index (κ2) is 22.3. The third-order valence-corrected chi connectivity index (χ3v) is 5.82. The Labute approximate surface area is 177 Å². The molecule has 160 valence electrons. The van der Waals surface area contributed by atoms with Gasteiger partial charge in [0.2, 0.25) is 0 Å². The third kappa shape index (κ3) is 19.7. The summed E-state index contributed by atoms with van der Waals surface area (Å²) >= 11 is 0. The molecule has 0 heterocycles. The molecule has 0 fully saturated rings. The largest absolute Gasteiger partial charge is 0.0845 e. The van der Waals surface area contributed by atoms with Crippen LogP contribution in [0.25, 0.3) is 0 Å². The first-order valence-electron chi connectivity index (χ1n) is 12.6. The molecule has 0 bridgehead atoms. The topological polar surface area (TPSA) is 0 Å². The van der Waals surface area contributed by atoms with Crippen LogP contribution in [0.2, 0.25) is 0 Å². The maximum Gasteiger partial charge on any atom is -0.0348 e. The predicted octanol–water partition coefficient (Wildman–Crippen LogP) is 10.0. The van der Waals surface area contributed by atoms with Gasteiger partial charge in [0.05, 0.1) is 0 Å². The lowest BCUT2D eigenvalue weighted by atomic mass is 10.0. The fourth-order valence-electron chi connectivity index (χ4n) is 3.96. The van der Waals surface area contributed by atoms with Crippen molar-refractivity contribution < 1.29 is 0 Å². The summed E-state index contributed by atoms with van der Waals surface area (Å²) in [5.41, 5.74) is 0. The first-order valence-corrected chi connectivity index (χ1v) is 12.6. The molecule has 0 N–H and O–H groups in total. The van der Waals surface area contributed by atoms with Crippen LogP contribution < -0.4 is 0 Å². The Bertz CT molecular complexity index is 370. The molecule has 0 radical (unpaired) electrons. The predicted molar refractivity (Wildman–Crippen MR) is 129 cm³/mol. The zero-order valence-corrected chi connectivity index (χ0v) is 18.8. The minimum absolute atomic E-state index is 1.23. The molecule has 0 spiro atoms. The van der Waals surface area contributed by atoms with E-state index in [2.05, 4.69) is 48.6 Å². The van der Waals surface area contributed by atoms with Crippen LogP contribution in [0.1, 0.15) is 128 Å². The van der Waals surface area contributed by atoms with Crippen LogP contribution in [0.15, 0.2) is 48.6 Å². The van der Waals surface area contributed by atoms with Crippen LogP contribution in [-0.4, -0.2) is 0 Å². The van der Waals surface area contributed by atoms with E-state index in [4.69, 9.17) is 0 Å². The van der Waals surface area contributed by atoms with E-state index in [9.17, 15) is 0 Å². The van der Waals surface area contributed by atoms with Gasteiger partial charge < -0.3 is 0 Å². The minimum atomic E-state index is 1.23. The van der Waals surface area contributed by atoms with Gasteiger partial charge >= 0.3 is 0 Å². The van der Waals surface area contributed by atoms with Crippen molar-refractivity contribution in [3.8, 4) is 0 Å². The standard InChI is InChI=1S/C28H48/c1-2-4-6-8-10-12-14-16-18-20-22-24-26-28-27-25-23-21-19-17-15-13-11-9-7-5-3-1/h1-8H,9-28H2.